The molecule has 1 atom stereocenters. The van der Waals surface area contributed by atoms with E-state index in [9.17, 15) is 4.79 Å². The molecule has 1 rings (SSSR count). The van der Waals surface area contributed by atoms with Crippen LogP contribution < -0.4 is 5.73 Å². The van der Waals surface area contributed by atoms with Gasteiger partial charge in [-0.15, -0.1) is 0 Å². The van der Waals surface area contributed by atoms with Gasteiger partial charge in [-0.25, -0.2) is 4.79 Å². The van der Waals surface area contributed by atoms with E-state index in [-0.39, 0.29) is 11.6 Å². The van der Waals surface area contributed by atoms with E-state index in [4.69, 9.17) is 10.8 Å². The minimum Gasteiger partial charge on any atom is -0.478 e. The van der Waals surface area contributed by atoms with Crippen molar-refractivity contribution >= 4 is 5.97 Å². The van der Waals surface area contributed by atoms with Gasteiger partial charge in [-0.1, -0.05) is 13.3 Å². The van der Waals surface area contributed by atoms with E-state index in [1.807, 2.05) is 6.92 Å². The summed E-state index contributed by atoms with van der Waals surface area (Å²) >= 11 is 0. The third-order valence-electron chi connectivity index (χ3n) is 2.08. The number of carbonyl (C=O) groups is 1. The summed E-state index contributed by atoms with van der Waals surface area (Å²) in [5.74, 6) is -0.973. The molecule has 0 aliphatic carbocycles. The zero-order valence-electron chi connectivity index (χ0n) is 8.10. The third-order valence-corrected chi connectivity index (χ3v) is 2.08. The van der Waals surface area contributed by atoms with Gasteiger partial charge in [0.1, 0.15) is 0 Å². The van der Waals surface area contributed by atoms with E-state index in [2.05, 4.69) is 4.98 Å². The maximum Gasteiger partial charge on any atom is 0.337 e. The first-order valence-electron chi connectivity index (χ1n) is 4.59. The molecule has 4 heteroatoms. The van der Waals surface area contributed by atoms with E-state index in [0.29, 0.717) is 5.56 Å². The predicted octanol–water partition coefficient (Wildman–Crippen LogP) is 1.58. The second-order valence-corrected chi connectivity index (χ2v) is 3.16. The highest BCUT2D eigenvalue weighted by molar-refractivity contribution is 5.89. The number of aromatic nitrogens is 1. The van der Waals surface area contributed by atoms with Crippen LogP contribution in [0.5, 0.6) is 0 Å². The molecule has 0 saturated heterocycles. The monoisotopic (exact) mass is 194 g/mol. The Morgan fingerprint density at radius 1 is 1.71 bits per heavy atom. The summed E-state index contributed by atoms with van der Waals surface area (Å²) in [6.45, 7) is 2.02. The standard InChI is InChI=1S/C10H14N2O2/c1-2-3-9(11)7-4-5-12-6-8(7)10(13)14/h4-6,9H,2-3,11H2,1H3,(H,13,14). The van der Waals surface area contributed by atoms with Crippen LogP contribution in [-0.4, -0.2) is 16.1 Å². The molecule has 4 nitrogen and oxygen atoms in total. The molecule has 0 fully saturated rings. The Bertz CT molecular complexity index is 326. The molecule has 0 saturated carbocycles. The van der Waals surface area contributed by atoms with Crippen LogP contribution in [-0.2, 0) is 0 Å². The number of carboxylic acid groups (broad SMARTS) is 1. The molecule has 0 aliphatic rings. The van der Waals surface area contributed by atoms with Gasteiger partial charge in [-0.2, -0.15) is 0 Å². The minimum atomic E-state index is -0.973. The number of hydrogen-bond donors (Lipinski definition) is 2. The Balaban J connectivity index is 3.00. The quantitative estimate of drug-likeness (QED) is 0.762. The third kappa shape index (κ3) is 2.29. The van der Waals surface area contributed by atoms with Crippen molar-refractivity contribution in [1.82, 2.24) is 4.98 Å². The SMILES string of the molecule is CCCC(N)c1ccncc1C(=O)O. The Hall–Kier alpha value is -1.42. The Morgan fingerprint density at radius 2 is 2.43 bits per heavy atom. The van der Waals surface area contributed by atoms with Crippen LogP contribution in [0.3, 0.4) is 0 Å². The molecule has 0 amide bonds. The molecule has 1 aromatic rings. The van der Waals surface area contributed by atoms with Gasteiger partial charge < -0.3 is 10.8 Å². The predicted molar refractivity (Wildman–Crippen MR) is 53.0 cm³/mol. The van der Waals surface area contributed by atoms with Crippen LogP contribution in [0.25, 0.3) is 0 Å². The van der Waals surface area contributed by atoms with Crippen molar-refractivity contribution in [2.24, 2.45) is 5.73 Å². The Labute approximate surface area is 82.8 Å². The highest BCUT2D eigenvalue weighted by Crippen LogP contribution is 2.18. The first-order chi connectivity index (χ1) is 6.66. The highest BCUT2D eigenvalue weighted by atomic mass is 16.4. The van der Waals surface area contributed by atoms with Gasteiger partial charge in [-0.3, -0.25) is 4.98 Å². The number of hydrogen-bond acceptors (Lipinski definition) is 3. The molecule has 14 heavy (non-hydrogen) atoms. The fraction of sp³-hybridized carbons (Fsp3) is 0.400. The lowest BCUT2D eigenvalue weighted by atomic mass is 10.00. The summed E-state index contributed by atoms with van der Waals surface area (Å²) in [5, 5.41) is 8.89. The second kappa shape index (κ2) is 4.72. The van der Waals surface area contributed by atoms with Crippen molar-refractivity contribution in [2.75, 3.05) is 0 Å². The summed E-state index contributed by atoms with van der Waals surface area (Å²) in [5.41, 5.74) is 6.72. The van der Waals surface area contributed by atoms with Gasteiger partial charge in [0.2, 0.25) is 0 Å². The normalized spacial score (nSPS) is 12.4. The molecule has 0 spiro atoms. The van der Waals surface area contributed by atoms with Gasteiger partial charge in [-0.05, 0) is 18.1 Å². The lowest BCUT2D eigenvalue weighted by Gasteiger charge is -2.12. The number of rotatable bonds is 4. The fourth-order valence-electron chi connectivity index (χ4n) is 1.37. The van der Waals surface area contributed by atoms with Crippen molar-refractivity contribution in [3.63, 3.8) is 0 Å². The van der Waals surface area contributed by atoms with Gasteiger partial charge >= 0.3 is 5.97 Å². The highest BCUT2D eigenvalue weighted by Gasteiger charge is 2.14. The van der Waals surface area contributed by atoms with Gasteiger partial charge in [0.05, 0.1) is 5.56 Å². The summed E-state index contributed by atoms with van der Waals surface area (Å²) in [7, 11) is 0. The number of nitrogens with two attached hydrogens (primary N) is 1. The zero-order chi connectivity index (χ0) is 10.6. The van der Waals surface area contributed by atoms with Gasteiger partial charge in [0.25, 0.3) is 0 Å². The molecule has 0 bridgehead atoms. The summed E-state index contributed by atoms with van der Waals surface area (Å²) in [6, 6.07) is 1.46. The smallest absolute Gasteiger partial charge is 0.337 e. The topological polar surface area (TPSA) is 76.2 Å². The van der Waals surface area contributed by atoms with Crippen LogP contribution in [0.15, 0.2) is 18.5 Å². The molecular formula is C10H14N2O2. The number of nitrogens with zero attached hydrogens (tertiary/aromatic N) is 1. The number of carboxylic acids is 1. The van der Waals surface area contributed by atoms with E-state index >= 15 is 0 Å². The van der Waals surface area contributed by atoms with Crippen molar-refractivity contribution in [3.05, 3.63) is 29.6 Å². The molecule has 1 heterocycles. The zero-order valence-corrected chi connectivity index (χ0v) is 8.10. The van der Waals surface area contributed by atoms with Crippen molar-refractivity contribution in [3.8, 4) is 0 Å². The minimum absolute atomic E-state index is 0.202. The number of pyridine rings is 1. The van der Waals surface area contributed by atoms with Crippen LogP contribution in [0.1, 0.15) is 41.7 Å². The van der Waals surface area contributed by atoms with Crippen LogP contribution in [0, 0.1) is 0 Å². The second-order valence-electron chi connectivity index (χ2n) is 3.16. The van der Waals surface area contributed by atoms with Gasteiger partial charge in [0.15, 0.2) is 0 Å². The lowest BCUT2D eigenvalue weighted by Crippen LogP contribution is -2.14. The first-order valence-corrected chi connectivity index (χ1v) is 4.59. The number of aromatic carboxylic acids is 1. The maximum atomic E-state index is 10.8. The Morgan fingerprint density at radius 3 is 3.00 bits per heavy atom. The van der Waals surface area contributed by atoms with E-state index in [1.54, 1.807) is 12.3 Å². The summed E-state index contributed by atoms with van der Waals surface area (Å²) < 4.78 is 0. The largest absolute Gasteiger partial charge is 0.478 e. The fourth-order valence-corrected chi connectivity index (χ4v) is 1.37. The molecule has 0 radical (unpaired) electrons. The van der Waals surface area contributed by atoms with Crippen LogP contribution >= 0.6 is 0 Å². The molecule has 1 unspecified atom stereocenters. The van der Waals surface area contributed by atoms with E-state index in [0.717, 1.165) is 12.8 Å². The molecule has 0 aliphatic heterocycles. The van der Waals surface area contributed by atoms with Crippen molar-refractivity contribution < 1.29 is 9.90 Å². The average Bonchev–Trinajstić information content (AvgIpc) is 2.18. The summed E-state index contributed by atoms with van der Waals surface area (Å²) in [4.78, 5) is 14.6. The molecule has 0 aromatic carbocycles. The molecule has 76 valence electrons. The van der Waals surface area contributed by atoms with E-state index < -0.39 is 5.97 Å². The van der Waals surface area contributed by atoms with Crippen LogP contribution in [0.4, 0.5) is 0 Å². The molecular weight excluding hydrogens is 180 g/mol. The van der Waals surface area contributed by atoms with Crippen LogP contribution in [0.2, 0.25) is 0 Å². The Kier molecular flexibility index (Phi) is 3.59. The molecule has 3 N–H and O–H groups in total. The van der Waals surface area contributed by atoms with Gasteiger partial charge in [0, 0.05) is 18.4 Å². The van der Waals surface area contributed by atoms with Crippen molar-refractivity contribution in [1.29, 1.82) is 0 Å². The summed E-state index contributed by atoms with van der Waals surface area (Å²) in [6.07, 6.45) is 4.62. The van der Waals surface area contributed by atoms with Crippen molar-refractivity contribution in [2.45, 2.75) is 25.8 Å². The lowest BCUT2D eigenvalue weighted by molar-refractivity contribution is 0.0694. The average molecular weight is 194 g/mol. The maximum absolute atomic E-state index is 10.8. The molecule has 1 aromatic heterocycles. The van der Waals surface area contributed by atoms with E-state index in [1.165, 1.54) is 6.20 Å². The first kappa shape index (κ1) is 10.7.